The average Bonchev–Trinajstić information content (AvgIpc) is 2.21. The first-order chi connectivity index (χ1) is 7.55. The lowest BCUT2D eigenvalue weighted by Gasteiger charge is -2.10. The van der Waals surface area contributed by atoms with Crippen LogP contribution in [0.25, 0.3) is 0 Å². The van der Waals surface area contributed by atoms with E-state index in [1.54, 1.807) is 12.1 Å². The lowest BCUT2D eigenvalue weighted by atomic mass is 10.3. The van der Waals surface area contributed by atoms with Crippen molar-refractivity contribution >= 4 is 38.5 Å². The molecule has 0 saturated carbocycles. The number of nitrogens with one attached hydrogen (secondary N) is 2. The van der Waals surface area contributed by atoms with E-state index in [2.05, 4.69) is 32.0 Å². The Morgan fingerprint density at radius 1 is 1.38 bits per heavy atom. The van der Waals surface area contributed by atoms with Crippen LogP contribution < -0.4 is 9.44 Å². The van der Waals surface area contributed by atoms with Gasteiger partial charge in [0.05, 0.1) is 12.3 Å². The van der Waals surface area contributed by atoms with Crippen molar-refractivity contribution < 1.29 is 13.2 Å². The van der Waals surface area contributed by atoms with Crippen LogP contribution >= 0.6 is 22.6 Å². The van der Waals surface area contributed by atoms with Gasteiger partial charge in [-0.2, -0.15) is 13.1 Å². The molecule has 16 heavy (non-hydrogen) atoms. The van der Waals surface area contributed by atoms with E-state index in [0.29, 0.717) is 12.3 Å². The minimum atomic E-state index is -3.51. The van der Waals surface area contributed by atoms with Crippen molar-refractivity contribution in [3.05, 3.63) is 27.8 Å². The third kappa shape index (κ3) is 4.64. The molecule has 0 unspecified atom stereocenters. The Hall–Kier alpha value is -0.380. The first-order valence-corrected chi connectivity index (χ1v) is 7.12. The zero-order valence-corrected chi connectivity index (χ0v) is 11.7. The number of ether oxygens (including phenoxy) is 1. The lowest BCUT2D eigenvalue weighted by molar-refractivity contribution is 0.204. The van der Waals surface area contributed by atoms with E-state index in [1.165, 1.54) is 7.11 Å². The Kier molecular flexibility index (Phi) is 5.46. The Morgan fingerprint density at radius 3 is 2.69 bits per heavy atom. The molecule has 0 radical (unpaired) electrons. The maximum atomic E-state index is 11.5. The smallest absolute Gasteiger partial charge is 0.299 e. The fraction of sp³-hybridized carbons (Fsp3) is 0.333. The van der Waals surface area contributed by atoms with Gasteiger partial charge >= 0.3 is 0 Å². The van der Waals surface area contributed by atoms with E-state index >= 15 is 0 Å². The minimum Gasteiger partial charge on any atom is -0.383 e. The normalized spacial score (nSPS) is 11.4. The molecule has 0 amide bonds. The van der Waals surface area contributed by atoms with Crippen molar-refractivity contribution in [1.82, 2.24) is 4.72 Å². The first kappa shape index (κ1) is 13.7. The van der Waals surface area contributed by atoms with Crippen LogP contribution in [-0.4, -0.2) is 28.7 Å². The van der Waals surface area contributed by atoms with Crippen LogP contribution in [0, 0.1) is 3.57 Å². The number of hydrogen-bond donors (Lipinski definition) is 2. The Balaban J connectivity index is 2.63. The Labute approximate surface area is 109 Å². The quantitative estimate of drug-likeness (QED) is 0.594. The number of methoxy groups -OCH3 is 1. The zero-order valence-electron chi connectivity index (χ0n) is 8.73. The summed E-state index contributed by atoms with van der Waals surface area (Å²) in [5.74, 6) is 0. The maximum absolute atomic E-state index is 11.5. The number of anilines is 1. The van der Waals surface area contributed by atoms with Gasteiger partial charge in [0.25, 0.3) is 10.2 Å². The highest BCUT2D eigenvalue weighted by Crippen LogP contribution is 2.17. The van der Waals surface area contributed by atoms with Gasteiger partial charge in [-0.1, -0.05) is 12.1 Å². The maximum Gasteiger partial charge on any atom is 0.299 e. The monoisotopic (exact) mass is 356 g/mol. The van der Waals surface area contributed by atoms with Gasteiger partial charge in [0.1, 0.15) is 0 Å². The van der Waals surface area contributed by atoms with Crippen LogP contribution in [0.2, 0.25) is 0 Å². The highest BCUT2D eigenvalue weighted by molar-refractivity contribution is 14.1. The van der Waals surface area contributed by atoms with Crippen molar-refractivity contribution in [2.45, 2.75) is 0 Å². The molecule has 2 N–H and O–H groups in total. The van der Waals surface area contributed by atoms with E-state index in [0.717, 1.165) is 3.57 Å². The van der Waals surface area contributed by atoms with Crippen LogP contribution in [0.1, 0.15) is 0 Å². The highest BCUT2D eigenvalue weighted by atomic mass is 127. The third-order valence-corrected chi connectivity index (χ3v) is 3.73. The summed E-state index contributed by atoms with van der Waals surface area (Å²) in [6.45, 7) is 0.585. The predicted molar refractivity (Wildman–Crippen MR) is 71.6 cm³/mol. The number of halogens is 1. The summed E-state index contributed by atoms with van der Waals surface area (Å²) in [7, 11) is -2.00. The van der Waals surface area contributed by atoms with Gasteiger partial charge in [0.2, 0.25) is 0 Å². The van der Waals surface area contributed by atoms with Crippen LogP contribution in [0.4, 0.5) is 5.69 Å². The fourth-order valence-electron chi connectivity index (χ4n) is 1.00. The van der Waals surface area contributed by atoms with Crippen molar-refractivity contribution in [2.75, 3.05) is 25.0 Å². The molecule has 0 saturated heterocycles. The molecule has 0 bridgehead atoms. The molecule has 0 aliphatic rings. The van der Waals surface area contributed by atoms with Gasteiger partial charge in [-0.25, -0.2) is 0 Å². The summed E-state index contributed by atoms with van der Waals surface area (Å²) in [5.41, 5.74) is 0.563. The average molecular weight is 356 g/mol. The Morgan fingerprint density at radius 2 is 2.06 bits per heavy atom. The van der Waals surface area contributed by atoms with E-state index < -0.39 is 10.2 Å². The van der Waals surface area contributed by atoms with E-state index in [1.807, 2.05) is 12.1 Å². The molecule has 1 aromatic rings. The molecular weight excluding hydrogens is 343 g/mol. The van der Waals surface area contributed by atoms with Gasteiger partial charge in [-0.05, 0) is 34.7 Å². The third-order valence-electron chi connectivity index (χ3n) is 1.72. The fourth-order valence-corrected chi connectivity index (χ4v) is 2.60. The highest BCUT2D eigenvalue weighted by Gasteiger charge is 2.10. The van der Waals surface area contributed by atoms with Crippen LogP contribution in [0.5, 0.6) is 0 Å². The standard InChI is InChI=1S/C9H13IN2O3S/c1-15-7-6-11-16(13,14)12-9-5-3-2-4-8(9)10/h2-5,11-12H,6-7H2,1H3. The minimum absolute atomic E-state index is 0.245. The van der Waals surface area contributed by atoms with Crippen molar-refractivity contribution in [3.63, 3.8) is 0 Å². The zero-order chi connectivity index (χ0) is 12.0. The largest absolute Gasteiger partial charge is 0.383 e. The SMILES string of the molecule is COCCNS(=O)(=O)Nc1ccccc1I. The van der Waals surface area contributed by atoms with Gasteiger partial charge in [0, 0.05) is 17.2 Å². The molecule has 0 fully saturated rings. The molecule has 0 heterocycles. The molecule has 0 atom stereocenters. The van der Waals surface area contributed by atoms with Gasteiger partial charge in [-0.3, -0.25) is 4.72 Å². The second-order valence-corrected chi connectivity index (χ2v) is 5.63. The topological polar surface area (TPSA) is 67.4 Å². The summed E-state index contributed by atoms with van der Waals surface area (Å²) < 4.78 is 33.5. The summed E-state index contributed by atoms with van der Waals surface area (Å²) in [5, 5.41) is 0. The van der Waals surface area contributed by atoms with Gasteiger partial charge in [0.15, 0.2) is 0 Å². The molecule has 0 aliphatic heterocycles. The summed E-state index contributed by atoms with van der Waals surface area (Å²) in [6.07, 6.45) is 0. The predicted octanol–water partition coefficient (Wildman–Crippen LogP) is 1.18. The van der Waals surface area contributed by atoms with Gasteiger partial charge in [-0.15, -0.1) is 0 Å². The number of para-hydroxylation sites is 1. The van der Waals surface area contributed by atoms with Gasteiger partial charge < -0.3 is 4.74 Å². The molecule has 0 aromatic heterocycles. The van der Waals surface area contributed by atoms with Crippen molar-refractivity contribution in [2.24, 2.45) is 0 Å². The van der Waals surface area contributed by atoms with Crippen LogP contribution in [0.15, 0.2) is 24.3 Å². The van der Waals surface area contributed by atoms with E-state index in [4.69, 9.17) is 4.74 Å². The Bertz CT molecular complexity index is 436. The molecule has 1 rings (SSSR count). The van der Waals surface area contributed by atoms with Crippen LogP contribution in [0.3, 0.4) is 0 Å². The lowest BCUT2D eigenvalue weighted by Crippen LogP contribution is -2.32. The molecule has 7 heteroatoms. The van der Waals surface area contributed by atoms with Crippen molar-refractivity contribution in [1.29, 1.82) is 0 Å². The molecule has 1 aromatic carbocycles. The molecule has 90 valence electrons. The van der Waals surface area contributed by atoms with Crippen molar-refractivity contribution in [3.8, 4) is 0 Å². The number of rotatable bonds is 6. The molecule has 0 spiro atoms. The van der Waals surface area contributed by atoms with E-state index in [9.17, 15) is 8.42 Å². The number of benzene rings is 1. The summed E-state index contributed by atoms with van der Waals surface area (Å²) in [6, 6.07) is 7.15. The molecule has 0 aliphatic carbocycles. The number of hydrogen-bond acceptors (Lipinski definition) is 3. The molecular formula is C9H13IN2O3S. The second-order valence-electron chi connectivity index (χ2n) is 2.97. The van der Waals surface area contributed by atoms with Crippen LogP contribution in [-0.2, 0) is 14.9 Å². The molecule has 5 nitrogen and oxygen atoms in total. The second kappa shape index (κ2) is 6.38. The van der Waals surface area contributed by atoms with E-state index in [-0.39, 0.29) is 6.54 Å². The summed E-state index contributed by atoms with van der Waals surface area (Å²) >= 11 is 2.07. The first-order valence-electron chi connectivity index (χ1n) is 4.56. The summed E-state index contributed by atoms with van der Waals surface area (Å²) in [4.78, 5) is 0.